The molecule has 0 bridgehead atoms. The number of hydrogen-bond acceptors (Lipinski definition) is 5. The molecule has 0 aliphatic heterocycles. The summed E-state index contributed by atoms with van der Waals surface area (Å²) in [6.45, 7) is 5.15. The van der Waals surface area contributed by atoms with Gasteiger partial charge in [-0.3, -0.25) is 9.59 Å². The Morgan fingerprint density at radius 3 is 1.35 bits per heavy atom. The van der Waals surface area contributed by atoms with Crippen molar-refractivity contribution in [3.8, 4) is 11.1 Å². The molecule has 0 heterocycles. The van der Waals surface area contributed by atoms with Gasteiger partial charge in [0.15, 0.2) is 0 Å². The number of carbonyl (C=O) groups excluding carboxylic acids is 2. The molecule has 5 heteroatoms. The Hall–Kier alpha value is -4.38. The molecule has 0 aliphatic carbocycles. The predicted molar refractivity (Wildman–Crippen MR) is 175 cm³/mol. The molecule has 0 N–H and O–H groups in total. The Morgan fingerprint density at radius 2 is 0.930 bits per heavy atom. The Morgan fingerprint density at radius 1 is 0.535 bits per heavy atom. The van der Waals surface area contributed by atoms with Crippen LogP contribution in [0, 0.1) is 0 Å². The number of unbranched alkanes of at least 4 members (excludes halogenated alkanes) is 2. The second kappa shape index (κ2) is 16.9. The minimum Gasteiger partial charge on any atom is -0.466 e. The quantitative estimate of drug-likeness (QED) is 0.0981. The fourth-order valence-corrected chi connectivity index (χ4v) is 4.80. The fraction of sp³-hybridized carbons (Fsp3) is 0.316. The van der Waals surface area contributed by atoms with E-state index in [-0.39, 0.29) is 11.9 Å². The van der Waals surface area contributed by atoms with Crippen LogP contribution in [0.25, 0.3) is 11.1 Å². The number of benzene rings is 4. The maximum absolute atomic E-state index is 12.1. The number of ether oxygens (including phenoxy) is 2. The molecule has 0 saturated carbocycles. The maximum atomic E-state index is 12.1. The van der Waals surface area contributed by atoms with Crippen LogP contribution in [0.4, 0.5) is 17.1 Å². The minimum absolute atomic E-state index is 0.146. The summed E-state index contributed by atoms with van der Waals surface area (Å²) in [5.74, 6) is -0.293. The van der Waals surface area contributed by atoms with Gasteiger partial charge >= 0.3 is 11.9 Å². The summed E-state index contributed by atoms with van der Waals surface area (Å²) >= 11 is 0. The van der Waals surface area contributed by atoms with Crippen LogP contribution in [0.5, 0.6) is 0 Å². The zero-order valence-corrected chi connectivity index (χ0v) is 25.5. The molecule has 224 valence electrons. The molecule has 0 spiro atoms. The topological polar surface area (TPSA) is 55.8 Å². The maximum Gasteiger partial charge on any atom is 0.306 e. The van der Waals surface area contributed by atoms with E-state index in [1.54, 1.807) is 0 Å². The van der Waals surface area contributed by atoms with Crippen LogP contribution in [0.2, 0.25) is 0 Å². The van der Waals surface area contributed by atoms with Gasteiger partial charge in [-0.05, 0) is 84.3 Å². The van der Waals surface area contributed by atoms with Crippen molar-refractivity contribution in [2.75, 3.05) is 18.1 Å². The first-order chi connectivity index (χ1) is 21.1. The van der Waals surface area contributed by atoms with Crippen molar-refractivity contribution in [2.45, 2.75) is 65.2 Å². The first kappa shape index (κ1) is 31.6. The average Bonchev–Trinajstić information content (AvgIpc) is 3.05. The molecule has 0 aromatic heterocycles. The normalized spacial score (nSPS) is 10.7. The summed E-state index contributed by atoms with van der Waals surface area (Å²) < 4.78 is 10.6. The second-order valence-electron chi connectivity index (χ2n) is 10.7. The van der Waals surface area contributed by atoms with E-state index in [0.29, 0.717) is 38.9 Å². The number of esters is 2. The number of aryl methyl sites for hydroxylation is 2. The van der Waals surface area contributed by atoms with Crippen LogP contribution in [0.1, 0.15) is 63.5 Å². The minimum atomic E-state index is -0.146. The molecular weight excluding hydrogens is 534 g/mol. The number of hydrogen-bond donors (Lipinski definition) is 0. The predicted octanol–water partition coefficient (Wildman–Crippen LogP) is 9.38. The summed E-state index contributed by atoms with van der Waals surface area (Å²) in [6.07, 6.45) is 5.86. The Kier molecular flexibility index (Phi) is 12.4. The third-order valence-corrected chi connectivity index (χ3v) is 7.38. The van der Waals surface area contributed by atoms with Crippen molar-refractivity contribution < 1.29 is 19.1 Å². The van der Waals surface area contributed by atoms with Gasteiger partial charge in [-0.15, -0.1) is 0 Å². The number of nitrogens with zero attached hydrogens (tertiary/aromatic N) is 1. The van der Waals surface area contributed by atoms with Gasteiger partial charge in [0.05, 0.1) is 13.2 Å². The van der Waals surface area contributed by atoms with E-state index in [4.69, 9.17) is 9.47 Å². The highest BCUT2D eigenvalue weighted by atomic mass is 16.5. The molecular formula is C38H43NO4. The van der Waals surface area contributed by atoms with Crippen molar-refractivity contribution in [3.63, 3.8) is 0 Å². The van der Waals surface area contributed by atoms with E-state index < -0.39 is 0 Å². The standard InChI is InChI=1S/C38H43NO4/c1-3-5-28-42-37(40)26-16-30-12-20-34(21-13-30)39(36-24-18-33(19-25-36)32-10-8-7-9-11-32)35-22-14-31(15-23-35)17-27-38(41)43-29-6-4-2/h7-15,18-25H,3-6,16-17,26-29H2,1-2H3. The third-order valence-electron chi connectivity index (χ3n) is 7.38. The molecule has 0 amide bonds. The van der Waals surface area contributed by atoms with E-state index in [0.717, 1.165) is 59.4 Å². The van der Waals surface area contributed by atoms with Gasteiger partial charge in [0.25, 0.3) is 0 Å². The number of carbonyl (C=O) groups is 2. The van der Waals surface area contributed by atoms with Crippen molar-refractivity contribution >= 4 is 29.0 Å². The zero-order valence-electron chi connectivity index (χ0n) is 25.5. The molecule has 0 fully saturated rings. The smallest absolute Gasteiger partial charge is 0.306 e. The van der Waals surface area contributed by atoms with E-state index in [9.17, 15) is 9.59 Å². The lowest BCUT2D eigenvalue weighted by molar-refractivity contribution is -0.144. The lowest BCUT2D eigenvalue weighted by Crippen LogP contribution is -2.10. The molecule has 0 aliphatic rings. The van der Waals surface area contributed by atoms with Crippen LogP contribution in [0.15, 0.2) is 103 Å². The summed E-state index contributed by atoms with van der Waals surface area (Å²) in [5.41, 5.74) is 7.61. The summed E-state index contributed by atoms with van der Waals surface area (Å²) in [6, 6.07) is 35.7. The SMILES string of the molecule is CCCCOC(=O)CCc1ccc(N(c2ccc(CCC(=O)OCCCC)cc2)c2ccc(-c3ccccc3)cc2)cc1. The summed E-state index contributed by atoms with van der Waals surface area (Å²) in [4.78, 5) is 26.4. The van der Waals surface area contributed by atoms with E-state index in [1.165, 1.54) is 5.56 Å². The number of rotatable bonds is 16. The molecule has 43 heavy (non-hydrogen) atoms. The Balaban J connectivity index is 1.51. The largest absolute Gasteiger partial charge is 0.466 e. The van der Waals surface area contributed by atoms with Crippen LogP contribution in [0.3, 0.4) is 0 Å². The molecule has 4 aromatic carbocycles. The third kappa shape index (κ3) is 9.85. The van der Waals surface area contributed by atoms with E-state index in [2.05, 4.69) is 116 Å². The van der Waals surface area contributed by atoms with Crippen molar-refractivity contribution in [2.24, 2.45) is 0 Å². The summed E-state index contributed by atoms with van der Waals surface area (Å²) in [7, 11) is 0. The molecule has 0 atom stereocenters. The second-order valence-corrected chi connectivity index (χ2v) is 10.7. The van der Waals surface area contributed by atoms with Gasteiger partial charge in [-0.1, -0.05) is 93.4 Å². The van der Waals surface area contributed by atoms with Gasteiger partial charge in [0.1, 0.15) is 0 Å². The Bertz CT molecular complexity index is 1330. The molecule has 0 saturated heterocycles. The van der Waals surface area contributed by atoms with Crippen molar-refractivity contribution in [1.29, 1.82) is 0 Å². The zero-order chi connectivity index (χ0) is 30.3. The van der Waals surface area contributed by atoms with Crippen LogP contribution in [-0.2, 0) is 31.9 Å². The van der Waals surface area contributed by atoms with Gasteiger partial charge < -0.3 is 14.4 Å². The molecule has 5 nitrogen and oxygen atoms in total. The van der Waals surface area contributed by atoms with E-state index in [1.807, 2.05) is 6.07 Å². The average molecular weight is 578 g/mol. The highest BCUT2D eigenvalue weighted by Gasteiger charge is 2.14. The lowest BCUT2D eigenvalue weighted by Gasteiger charge is -2.26. The monoisotopic (exact) mass is 577 g/mol. The molecule has 0 unspecified atom stereocenters. The van der Waals surface area contributed by atoms with Gasteiger partial charge in [0, 0.05) is 29.9 Å². The molecule has 4 rings (SSSR count). The Labute approximate surface area is 256 Å². The van der Waals surface area contributed by atoms with Crippen LogP contribution in [-0.4, -0.2) is 25.2 Å². The first-order valence-corrected chi connectivity index (χ1v) is 15.5. The molecule has 4 aromatic rings. The van der Waals surface area contributed by atoms with E-state index >= 15 is 0 Å². The van der Waals surface area contributed by atoms with Gasteiger partial charge in [-0.25, -0.2) is 0 Å². The van der Waals surface area contributed by atoms with Crippen molar-refractivity contribution in [3.05, 3.63) is 114 Å². The van der Waals surface area contributed by atoms with Crippen molar-refractivity contribution in [1.82, 2.24) is 0 Å². The van der Waals surface area contributed by atoms with Crippen LogP contribution >= 0.6 is 0 Å². The summed E-state index contributed by atoms with van der Waals surface area (Å²) in [5, 5.41) is 0. The fourth-order valence-electron chi connectivity index (χ4n) is 4.80. The lowest BCUT2D eigenvalue weighted by atomic mass is 10.0. The van der Waals surface area contributed by atoms with Crippen LogP contribution < -0.4 is 4.90 Å². The highest BCUT2D eigenvalue weighted by molar-refractivity contribution is 5.78. The first-order valence-electron chi connectivity index (χ1n) is 15.5. The molecule has 0 radical (unpaired) electrons. The number of anilines is 3. The highest BCUT2D eigenvalue weighted by Crippen LogP contribution is 2.36. The van der Waals surface area contributed by atoms with Gasteiger partial charge in [0.2, 0.25) is 0 Å². The van der Waals surface area contributed by atoms with Gasteiger partial charge in [-0.2, -0.15) is 0 Å².